The minimum Gasteiger partial charge on any atom is -0.381 e. The SMILES string of the molecule is CCN(CC)[P@]1(=S)OC(C)(C)C[C@@]1(C)O. The molecule has 2 atom stereocenters. The lowest BCUT2D eigenvalue weighted by Crippen LogP contribution is -2.31. The van der Waals surface area contributed by atoms with Gasteiger partial charge in [-0.3, -0.25) is 4.67 Å². The molecule has 1 aliphatic heterocycles. The first kappa shape index (κ1) is 13.6. The number of rotatable bonds is 3. The van der Waals surface area contributed by atoms with Gasteiger partial charge in [-0.15, -0.1) is 0 Å². The molecule has 0 amide bonds. The molecule has 1 heterocycles. The third-order valence-corrected chi connectivity index (χ3v) is 8.37. The summed E-state index contributed by atoms with van der Waals surface area (Å²) in [7, 11) is 0. The Morgan fingerprint density at radius 3 is 2.07 bits per heavy atom. The van der Waals surface area contributed by atoms with Gasteiger partial charge in [0.1, 0.15) is 5.34 Å². The summed E-state index contributed by atoms with van der Waals surface area (Å²) < 4.78 is 8.11. The van der Waals surface area contributed by atoms with Crippen LogP contribution in [-0.2, 0) is 16.3 Å². The molecular weight excluding hydrogens is 229 g/mol. The Balaban J connectivity index is 3.07. The summed E-state index contributed by atoms with van der Waals surface area (Å²) in [4.78, 5) is 0. The van der Waals surface area contributed by atoms with Crippen LogP contribution in [0, 0.1) is 0 Å². The van der Waals surface area contributed by atoms with Crippen LogP contribution in [0.3, 0.4) is 0 Å². The Kier molecular flexibility index (Phi) is 3.70. The maximum atomic E-state index is 10.5. The number of hydrogen-bond acceptors (Lipinski definition) is 3. The molecule has 0 aliphatic carbocycles. The Bertz CT molecular complexity index is 287. The third-order valence-electron chi connectivity index (χ3n) is 2.84. The van der Waals surface area contributed by atoms with Gasteiger partial charge in [0.25, 0.3) is 0 Å². The highest BCUT2D eigenvalue weighted by atomic mass is 32.4. The molecule has 5 heteroatoms. The Labute approximate surface area is 97.9 Å². The van der Waals surface area contributed by atoms with Gasteiger partial charge >= 0.3 is 0 Å². The molecule has 90 valence electrons. The first-order valence-electron chi connectivity index (χ1n) is 5.47. The molecule has 0 aromatic rings. The van der Waals surface area contributed by atoms with Crippen LogP contribution in [0.25, 0.3) is 0 Å². The summed E-state index contributed by atoms with van der Waals surface area (Å²) in [5.41, 5.74) is -0.304. The Morgan fingerprint density at radius 2 is 1.80 bits per heavy atom. The zero-order valence-corrected chi connectivity index (χ0v) is 12.0. The van der Waals surface area contributed by atoms with E-state index in [1.54, 1.807) is 0 Å². The van der Waals surface area contributed by atoms with Crippen molar-refractivity contribution in [3.8, 4) is 0 Å². The first-order chi connectivity index (χ1) is 6.68. The van der Waals surface area contributed by atoms with Crippen molar-refractivity contribution in [2.45, 2.75) is 52.0 Å². The van der Waals surface area contributed by atoms with Crippen LogP contribution in [0.2, 0.25) is 0 Å². The van der Waals surface area contributed by atoms with E-state index in [0.717, 1.165) is 13.1 Å². The predicted octanol–water partition coefficient (Wildman–Crippen LogP) is 2.55. The second-order valence-corrected chi connectivity index (χ2v) is 9.14. The van der Waals surface area contributed by atoms with Gasteiger partial charge in [0.15, 0.2) is 6.42 Å². The van der Waals surface area contributed by atoms with Crippen molar-refractivity contribution in [1.82, 2.24) is 4.67 Å². The molecule has 1 fully saturated rings. The highest BCUT2D eigenvalue weighted by Crippen LogP contribution is 2.70. The second-order valence-electron chi connectivity index (χ2n) is 4.90. The maximum Gasteiger partial charge on any atom is 0.163 e. The van der Waals surface area contributed by atoms with Crippen LogP contribution < -0.4 is 0 Å². The minimum absolute atomic E-state index is 0.304. The molecule has 0 aromatic carbocycles. The average molecular weight is 251 g/mol. The summed E-state index contributed by atoms with van der Waals surface area (Å²) in [6, 6.07) is 0. The fourth-order valence-electron chi connectivity index (χ4n) is 2.33. The lowest BCUT2D eigenvalue weighted by molar-refractivity contribution is 0.0932. The van der Waals surface area contributed by atoms with Gasteiger partial charge in [-0.2, -0.15) is 0 Å². The molecule has 0 spiro atoms. The van der Waals surface area contributed by atoms with Crippen molar-refractivity contribution >= 4 is 18.2 Å². The van der Waals surface area contributed by atoms with Crippen molar-refractivity contribution < 1.29 is 9.63 Å². The minimum atomic E-state index is -2.28. The maximum absolute atomic E-state index is 10.5. The lowest BCUT2D eigenvalue weighted by atomic mass is 10.0. The van der Waals surface area contributed by atoms with E-state index in [0.29, 0.717) is 6.42 Å². The summed E-state index contributed by atoms with van der Waals surface area (Å²) >= 11 is 5.64. The molecule has 15 heavy (non-hydrogen) atoms. The summed E-state index contributed by atoms with van der Waals surface area (Å²) in [5.74, 6) is 0. The largest absolute Gasteiger partial charge is 0.381 e. The topological polar surface area (TPSA) is 32.7 Å². The van der Waals surface area contributed by atoms with Crippen LogP contribution in [0.4, 0.5) is 0 Å². The number of hydrogen-bond donors (Lipinski definition) is 1. The van der Waals surface area contributed by atoms with E-state index in [4.69, 9.17) is 16.3 Å². The molecule has 3 nitrogen and oxygen atoms in total. The smallest absolute Gasteiger partial charge is 0.163 e. The van der Waals surface area contributed by atoms with E-state index in [1.807, 2.05) is 20.8 Å². The Hall–Kier alpha value is 0.530. The van der Waals surface area contributed by atoms with Crippen molar-refractivity contribution in [3.63, 3.8) is 0 Å². The van der Waals surface area contributed by atoms with Crippen molar-refractivity contribution in [3.05, 3.63) is 0 Å². The molecule has 0 radical (unpaired) electrons. The zero-order valence-electron chi connectivity index (χ0n) is 10.3. The number of nitrogens with zero attached hydrogens (tertiary/aromatic N) is 1. The van der Waals surface area contributed by atoms with Crippen molar-refractivity contribution in [1.29, 1.82) is 0 Å². The van der Waals surface area contributed by atoms with Crippen LogP contribution in [0.1, 0.15) is 41.0 Å². The zero-order chi connectivity index (χ0) is 11.9. The molecule has 1 aliphatic rings. The second kappa shape index (κ2) is 4.08. The molecule has 1 N–H and O–H groups in total. The monoisotopic (exact) mass is 251 g/mol. The number of aliphatic hydroxyl groups is 1. The normalized spacial score (nSPS) is 39.9. The highest BCUT2D eigenvalue weighted by molar-refractivity contribution is 8.11. The standard InChI is InChI=1S/C10H22NO2PS/c1-6-11(7-2)14(15)10(5,12)8-9(3,4)13-14/h12H,6-8H2,1-5H3/t10-,14-/m0/s1. The first-order valence-corrected chi connectivity index (χ1v) is 8.14. The molecule has 0 bridgehead atoms. The van der Waals surface area contributed by atoms with Gasteiger partial charge in [-0.25, -0.2) is 0 Å². The van der Waals surface area contributed by atoms with Gasteiger partial charge in [0, 0.05) is 19.5 Å². The average Bonchev–Trinajstić information content (AvgIpc) is 2.18. The lowest BCUT2D eigenvalue weighted by Gasteiger charge is -2.37. The van der Waals surface area contributed by atoms with Crippen molar-refractivity contribution in [2.75, 3.05) is 13.1 Å². The highest BCUT2D eigenvalue weighted by Gasteiger charge is 2.55. The van der Waals surface area contributed by atoms with Gasteiger partial charge < -0.3 is 9.63 Å². The quantitative estimate of drug-likeness (QED) is 0.781. The van der Waals surface area contributed by atoms with E-state index >= 15 is 0 Å². The van der Waals surface area contributed by atoms with Crippen molar-refractivity contribution in [2.24, 2.45) is 0 Å². The molecule has 0 unspecified atom stereocenters. The van der Waals surface area contributed by atoms with Crippen LogP contribution in [0.5, 0.6) is 0 Å². The molecule has 1 saturated heterocycles. The fraction of sp³-hybridized carbons (Fsp3) is 1.00. The molecule has 0 saturated carbocycles. The van der Waals surface area contributed by atoms with Gasteiger partial charge in [-0.05, 0) is 32.6 Å². The molecule has 0 aromatic heterocycles. The van der Waals surface area contributed by atoms with Gasteiger partial charge in [0.05, 0.1) is 5.60 Å². The molecule has 1 rings (SSSR count). The van der Waals surface area contributed by atoms with E-state index < -0.39 is 11.8 Å². The summed E-state index contributed by atoms with van der Waals surface area (Å²) in [5, 5.41) is 9.60. The van der Waals surface area contributed by atoms with Crippen LogP contribution in [0.15, 0.2) is 0 Å². The van der Waals surface area contributed by atoms with E-state index in [1.165, 1.54) is 0 Å². The Morgan fingerprint density at radius 1 is 1.33 bits per heavy atom. The van der Waals surface area contributed by atoms with E-state index in [-0.39, 0.29) is 5.60 Å². The third kappa shape index (κ3) is 2.29. The summed E-state index contributed by atoms with van der Waals surface area (Å²) in [6.07, 6.45) is -1.66. The van der Waals surface area contributed by atoms with Gasteiger partial charge in [-0.1, -0.05) is 13.8 Å². The van der Waals surface area contributed by atoms with E-state index in [9.17, 15) is 5.11 Å². The predicted molar refractivity (Wildman–Crippen MR) is 67.6 cm³/mol. The van der Waals surface area contributed by atoms with E-state index in [2.05, 4.69) is 18.5 Å². The summed E-state index contributed by atoms with van der Waals surface area (Å²) in [6.45, 7) is 11.6. The van der Waals surface area contributed by atoms with Gasteiger partial charge in [0.2, 0.25) is 0 Å². The molecular formula is C10H22NO2PS. The van der Waals surface area contributed by atoms with Crippen LogP contribution >= 0.6 is 6.42 Å². The van der Waals surface area contributed by atoms with Crippen LogP contribution in [-0.4, -0.2) is 33.8 Å². The fourth-order valence-corrected chi connectivity index (χ4v) is 6.80.